The van der Waals surface area contributed by atoms with Crippen molar-refractivity contribution in [2.75, 3.05) is 12.4 Å². The van der Waals surface area contributed by atoms with Crippen LogP contribution in [0.25, 0.3) is 55.7 Å². The van der Waals surface area contributed by atoms with Gasteiger partial charge in [-0.15, -0.1) is 0 Å². The molecule has 194 valence electrons. The summed E-state index contributed by atoms with van der Waals surface area (Å²) in [5.74, 6) is -0.0385. The number of hydrogen-bond donors (Lipinski definition) is 3. The second kappa shape index (κ2) is 9.97. The SMILES string of the molecule is CCCC(=O)Nc1cncc(-c2cc3c(-c4cc5c(-c6cc(F)cc(OC)c6)nccc5[nH]4)n[nH]c3cn2)c1. The van der Waals surface area contributed by atoms with E-state index >= 15 is 0 Å². The highest BCUT2D eigenvalue weighted by molar-refractivity contribution is 6.00. The maximum Gasteiger partial charge on any atom is 0.224 e. The average molecular weight is 522 g/mol. The molecule has 0 bridgehead atoms. The summed E-state index contributed by atoms with van der Waals surface area (Å²) in [6.45, 7) is 1.96. The molecule has 9 nitrogen and oxygen atoms in total. The molecule has 1 aromatic carbocycles. The van der Waals surface area contributed by atoms with Crippen molar-refractivity contribution in [3.05, 3.63) is 73.1 Å². The van der Waals surface area contributed by atoms with Crippen molar-refractivity contribution in [3.63, 3.8) is 0 Å². The van der Waals surface area contributed by atoms with Crippen LogP contribution in [0, 0.1) is 5.82 Å². The Kier molecular flexibility index (Phi) is 6.20. The molecule has 3 N–H and O–H groups in total. The number of rotatable bonds is 7. The van der Waals surface area contributed by atoms with Gasteiger partial charge in [-0.05, 0) is 42.8 Å². The molecule has 6 rings (SSSR count). The van der Waals surface area contributed by atoms with E-state index in [1.807, 2.05) is 31.2 Å². The zero-order valence-corrected chi connectivity index (χ0v) is 21.2. The second-order valence-corrected chi connectivity index (χ2v) is 9.13. The average Bonchev–Trinajstić information content (AvgIpc) is 3.56. The third kappa shape index (κ3) is 4.68. The number of halogens is 1. The van der Waals surface area contributed by atoms with Gasteiger partial charge in [0.2, 0.25) is 5.91 Å². The molecule has 0 aliphatic carbocycles. The van der Waals surface area contributed by atoms with Gasteiger partial charge < -0.3 is 15.0 Å². The van der Waals surface area contributed by atoms with Crippen LogP contribution in [0.4, 0.5) is 10.1 Å². The van der Waals surface area contributed by atoms with Crippen LogP contribution in [0.15, 0.2) is 67.3 Å². The number of carbonyl (C=O) groups excluding carboxylic acids is 1. The fourth-order valence-corrected chi connectivity index (χ4v) is 4.61. The summed E-state index contributed by atoms with van der Waals surface area (Å²) in [4.78, 5) is 28.8. The number of aromatic nitrogens is 6. The smallest absolute Gasteiger partial charge is 0.224 e. The molecule has 0 atom stereocenters. The van der Waals surface area contributed by atoms with Gasteiger partial charge in [0.1, 0.15) is 17.3 Å². The van der Waals surface area contributed by atoms with E-state index in [-0.39, 0.29) is 5.91 Å². The normalized spacial score (nSPS) is 11.3. The third-order valence-corrected chi connectivity index (χ3v) is 6.43. The maximum absolute atomic E-state index is 14.2. The Morgan fingerprint density at radius 3 is 2.69 bits per heavy atom. The first-order valence-electron chi connectivity index (χ1n) is 12.4. The summed E-state index contributed by atoms with van der Waals surface area (Å²) in [5.41, 5.74) is 6.38. The number of fused-ring (bicyclic) bond motifs is 2. The van der Waals surface area contributed by atoms with E-state index in [0.29, 0.717) is 40.5 Å². The standard InChI is InChI=1S/C29H24FN7O2/c1-3-4-27(38)34-19-8-17(13-31-14-19)24-11-22-26(15-33-24)36-37-29(22)25-12-21-23(35-25)5-6-32-28(21)16-7-18(30)10-20(9-16)39-2/h5-15,35H,3-4H2,1-2H3,(H,34,38)(H,36,37). The first kappa shape index (κ1) is 24.2. The molecule has 0 aliphatic heterocycles. The number of anilines is 1. The van der Waals surface area contributed by atoms with Crippen LogP contribution in [0.3, 0.4) is 0 Å². The van der Waals surface area contributed by atoms with E-state index in [9.17, 15) is 9.18 Å². The predicted octanol–water partition coefficient (Wildman–Crippen LogP) is 6.12. The summed E-state index contributed by atoms with van der Waals surface area (Å²) < 4.78 is 19.5. The van der Waals surface area contributed by atoms with Crippen LogP contribution in [0.5, 0.6) is 5.75 Å². The molecule has 1 amide bonds. The Bertz CT molecular complexity index is 1840. The van der Waals surface area contributed by atoms with E-state index in [1.165, 1.54) is 19.2 Å². The highest BCUT2D eigenvalue weighted by atomic mass is 19.1. The minimum absolute atomic E-state index is 0.0543. The zero-order valence-electron chi connectivity index (χ0n) is 21.2. The van der Waals surface area contributed by atoms with Crippen LogP contribution in [-0.2, 0) is 4.79 Å². The summed E-state index contributed by atoms with van der Waals surface area (Å²) in [6.07, 6.45) is 7.93. The highest BCUT2D eigenvalue weighted by Gasteiger charge is 2.16. The lowest BCUT2D eigenvalue weighted by Gasteiger charge is -2.06. The van der Waals surface area contributed by atoms with E-state index in [4.69, 9.17) is 4.74 Å². The maximum atomic E-state index is 14.2. The number of nitrogens with zero attached hydrogens (tertiary/aromatic N) is 4. The van der Waals surface area contributed by atoms with Gasteiger partial charge in [-0.2, -0.15) is 5.10 Å². The van der Waals surface area contributed by atoms with Crippen LogP contribution in [0.1, 0.15) is 19.8 Å². The van der Waals surface area contributed by atoms with Gasteiger partial charge in [0.25, 0.3) is 0 Å². The highest BCUT2D eigenvalue weighted by Crippen LogP contribution is 2.35. The van der Waals surface area contributed by atoms with Crippen LogP contribution in [0.2, 0.25) is 0 Å². The largest absolute Gasteiger partial charge is 0.497 e. The first-order valence-corrected chi connectivity index (χ1v) is 12.4. The van der Waals surface area contributed by atoms with Gasteiger partial charge in [-0.3, -0.25) is 24.8 Å². The Balaban J connectivity index is 1.40. The van der Waals surface area contributed by atoms with Gasteiger partial charge in [-0.1, -0.05) is 6.92 Å². The molecule has 0 unspecified atom stereocenters. The van der Waals surface area contributed by atoms with E-state index in [0.717, 1.165) is 39.5 Å². The van der Waals surface area contributed by atoms with Crippen molar-refractivity contribution in [1.29, 1.82) is 0 Å². The lowest BCUT2D eigenvalue weighted by atomic mass is 10.1. The zero-order chi connectivity index (χ0) is 26.9. The predicted molar refractivity (Wildman–Crippen MR) is 148 cm³/mol. The minimum Gasteiger partial charge on any atom is -0.497 e. The Labute approximate surface area is 222 Å². The summed E-state index contributed by atoms with van der Waals surface area (Å²) in [7, 11) is 1.50. The molecule has 5 heterocycles. The fourth-order valence-electron chi connectivity index (χ4n) is 4.61. The second-order valence-electron chi connectivity index (χ2n) is 9.13. The third-order valence-electron chi connectivity index (χ3n) is 6.43. The molecule has 0 fully saturated rings. The van der Waals surface area contributed by atoms with Gasteiger partial charge in [0.15, 0.2) is 0 Å². The number of methoxy groups -OCH3 is 1. The van der Waals surface area contributed by atoms with Gasteiger partial charge in [-0.25, -0.2) is 4.39 Å². The number of hydrogen-bond acceptors (Lipinski definition) is 6. The van der Waals surface area contributed by atoms with Crippen LogP contribution < -0.4 is 10.1 Å². The summed E-state index contributed by atoms with van der Waals surface area (Å²) in [6, 6.07) is 12.1. The van der Waals surface area contributed by atoms with Crippen molar-refractivity contribution >= 4 is 33.4 Å². The van der Waals surface area contributed by atoms with E-state index < -0.39 is 5.82 Å². The molecule has 0 aliphatic rings. The minimum atomic E-state index is -0.402. The number of ether oxygens (including phenoxy) is 1. The van der Waals surface area contributed by atoms with Crippen LogP contribution in [-0.4, -0.2) is 43.2 Å². The van der Waals surface area contributed by atoms with Crippen molar-refractivity contribution in [3.8, 4) is 39.7 Å². The number of H-pyrrole nitrogens is 2. The molecular weight excluding hydrogens is 497 g/mol. The summed E-state index contributed by atoms with van der Waals surface area (Å²) in [5, 5.41) is 12.1. The van der Waals surface area contributed by atoms with E-state index in [2.05, 4.69) is 35.5 Å². The lowest BCUT2D eigenvalue weighted by molar-refractivity contribution is -0.116. The Hall–Kier alpha value is -5.12. The number of benzene rings is 1. The van der Waals surface area contributed by atoms with E-state index in [1.54, 1.807) is 30.9 Å². The molecule has 0 radical (unpaired) electrons. The Morgan fingerprint density at radius 2 is 1.85 bits per heavy atom. The number of pyridine rings is 3. The summed E-state index contributed by atoms with van der Waals surface area (Å²) >= 11 is 0. The molecular formula is C29H24FN7O2. The van der Waals surface area contributed by atoms with Gasteiger partial charge >= 0.3 is 0 Å². The fraction of sp³-hybridized carbons (Fsp3) is 0.138. The lowest BCUT2D eigenvalue weighted by Crippen LogP contribution is -2.10. The van der Waals surface area contributed by atoms with Gasteiger partial charge in [0, 0.05) is 52.3 Å². The first-order chi connectivity index (χ1) is 19.0. The molecule has 39 heavy (non-hydrogen) atoms. The molecule has 0 spiro atoms. The van der Waals surface area contributed by atoms with Crippen molar-refractivity contribution < 1.29 is 13.9 Å². The molecule has 10 heteroatoms. The quantitative estimate of drug-likeness (QED) is 0.233. The van der Waals surface area contributed by atoms with Crippen molar-refractivity contribution in [2.24, 2.45) is 0 Å². The molecule has 0 saturated carbocycles. The monoisotopic (exact) mass is 521 g/mol. The Morgan fingerprint density at radius 1 is 0.974 bits per heavy atom. The van der Waals surface area contributed by atoms with Crippen molar-refractivity contribution in [2.45, 2.75) is 19.8 Å². The molecule has 6 aromatic rings. The number of aromatic amines is 2. The molecule has 5 aromatic heterocycles. The topological polar surface area (TPSA) is 121 Å². The number of nitrogens with one attached hydrogen (secondary N) is 3. The van der Waals surface area contributed by atoms with Gasteiger partial charge in [0.05, 0.1) is 47.8 Å². The van der Waals surface area contributed by atoms with Crippen molar-refractivity contribution in [1.82, 2.24) is 30.1 Å². The number of amides is 1. The van der Waals surface area contributed by atoms with Crippen LogP contribution >= 0.6 is 0 Å². The molecule has 0 saturated heterocycles. The number of carbonyl (C=O) groups is 1.